The molecule has 0 radical (unpaired) electrons. The fraction of sp³-hybridized carbons (Fsp3) is 0.200. The lowest BCUT2D eigenvalue weighted by Crippen LogP contribution is -1.95. The van der Waals surface area contributed by atoms with Crippen molar-refractivity contribution in [1.82, 2.24) is 0 Å². The fourth-order valence-corrected chi connectivity index (χ4v) is 4.00. The van der Waals surface area contributed by atoms with E-state index in [0.29, 0.717) is 0 Å². The molecule has 0 aliphatic rings. The normalized spacial score (nSPS) is 10.8. The maximum absolute atomic E-state index is 6.21. The summed E-state index contributed by atoms with van der Waals surface area (Å²) in [5.41, 5.74) is 9.30. The fourth-order valence-electron chi connectivity index (χ4n) is 4.00. The van der Waals surface area contributed by atoms with Crippen LogP contribution in [0, 0.1) is 41.5 Å². The summed E-state index contributed by atoms with van der Waals surface area (Å²) >= 11 is 0. The standard InChI is InChI=1S/C30H30O2/c1-19-7-11-27(12-8-19)31-29-21(3)15-25(16-22(29)4)26-17-23(5)30(24(6)18-26)32-28-13-9-20(2)10-14-28/h7-18H,1-6H3. The van der Waals surface area contributed by atoms with Crippen LogP contribution in [0.15, 0.2) is 72.8 Å². The van der Waals surface area contributed by atoms with Crippen LogP contribution in [-0.4, -0.2) is 0 Å². The average Bonchev–Trinajstić information content (AvgIpc) is 2.75. The largest absolute Gasteiger partial charge is 0.457 e. The van der Waals surface area contributed by atoms with E-state index in [1.54, 1.807) is 0 Å². The summed E-state index contributed by atoms with van der Waals surface area (Å²) in [6.07, 6.45) is 0. The topological polar surface area (TPSA) is 18.5 Å². The third kappa shape index (κ3) is 4.70. The lowest BCUT2D eigenvalue weighted by molar-refractivity contribution is 0.474. The Balaban J connectivity index is 1.63. The monoisotopic (exact) mass is 422 g/mol. The molecule has 0 unspecified atom stereocenters. The van der Waals surface area contributed by atoms with Gasteiger partial charge in [0.25, 0.3) is 0 Å². The van der Waals surface area contributed by atoms with Crippen LogP contribution in [0.4, 0.5) is 0 Å². The molecule has 0 bridgehead atoms. The Labute approximate surface area is 191 Å². The summed E-state index contributed by atoms with van der Waals surface area (Å²) in [7, 11) is 0. The molecule has 0 spiro atoms. The van der Waals surface area contributed by atoms with Gasteiger partial charge in [-0.25, -0.2) is 0 Å². The van der Waals surface area contributed by atoms with Gasteiger partial charge < -0.3 is 9.47 Å². The molecule has 0 aliphatic carbocycles. The van der Waals surface area contributed by atoms with E-state index in [1.165, 1.54) is 22.3 Å². The molecule has 162 valence electrons. The number of ether oxygens (including phenoxy) is 2. The number of hydrogen-bond acceptors (Lipinski definition) is 2. The van der Waals surface area contributed by atoms with E-state index in [1.807, 2.05) is 24.3 Å². The van der Waals surface area contributed by atoms with Gasteiger partial charge in [0.05, 0.1) is 0 Å². The van der Waals surface area contributed by atoms with Gasteiger partial charge in [0.2, 0.25) is 0 Å². The van der Waals surface area contributed by atoms with E-state index in [-0.39, 0.29) is 0 Å². The predicted molar refractivity (Wildman–Crippen MR) is 133 cm³/mol. The summed E-state index contributed by atoms with van der Waals surface area (Å²) in [5, 5.41) is 0. The molecular formula is C30H30O2. The minimum atomic E-state index is 0.860. The summed E-state index contributed by atoms with van der Waals surface area (Å²) in [6.45, 7) is 12.6. The molecule has 2 heteroatoms. The van der Waals surface area contributed by atoms with Gasteiger partial charge in [-0.15, -0.1) is 0 Å². The zero-order valence-corrected chi connectivity index (χ0v) is 19.7. The highest BCUT2D eigenvalue weighted by molar-refractivity contribution is 5.70. The van der Waals surface area contributed by atoms with Gasteiger partial charge in [0.15, 0.2) is 0 Å². The smallest absolute Gasteiger partial charge is 0.133 e. The Morgan fingerprint density at radius 3 is 0.969 bits per heavy atom. The summed E-state index contributed by atoms with van der Waals surface area (Å²) in [6, 6.07) is 25.1. The van der Waals surface area contributed by atoms with Gasteiger partial charge >= 0.3 is 0 Å². The first-order chi connectivity index (χ1) is 15.3. The summed E-state index contributed by atoms with van der Waals surface area (Å²) < 4.78 is 12.4. The first-order valence-corrected chi connectivity index (χ1v) is 11.0. The highest BCUT2D eigenvalue weighted by Crippen LogP contribution is 2.37. The molecule has 0 saturated carbocycles. The van der Waals surface area contributed by atoms with Crippen molar-refractivity contribution >= 4 is 0 Å². The van der Waals surface area contributed by atoms with Crippen molar-refractivity contribution in [2.75, 3.05) is 0 Å². The number of benzene rings is 4. The van der Waals surface area contributed by atoms with Crippen LogP contribution in [-0.2, 0) is 0 Å². The number of hydrogen-bond donors (Lipinski definition) is 0. The van der Waals surface area contributed by atoms with Crippen molar-refractivity contribution in [2.24, 2.45) is 0 Å². The van der Waals surface area contributed by atoms with Crippen LogP contribution in [0.25, 0.3) is 11.1 Å². The molecule has 2 nitrogen and oxygen atoms in total. The van der Waals surface area contributed by atoms with Gasteiger partial charge in [0.1, 0.15) is 23.0 Å². The zero-order chi connectivity index (χ0) is 22.8. The van der Waals surface area contributed by atoms with Gasteiger partial charge in [-0.2, -0.15) is 0 Å². The zero-order valence-electron chi connectivity index (χ0n) is 19.7. The second-order valence-electron chi connectivity index (χ2n) is 8.71. The Hall–Kier alpha value is -3.52. The first kappa shape index (κ1) is 21.7. The van der Waals surface area contributed by atoms with Crippen molar-refractivity contribution in [3.05, 3.63) is 106 Å². The SMILES string of the molecule is Cc1ccc(Oc2c(C)cc(-c3cc(C)c(Oc4ccc(C)cc4)c(C)c3)cc2C)cc1. The van der Waals surface area contributed by atoms with Gasteiger partial charge in [-0.1, -0.05) is 35.4 Å². The molecule has 0 amide bonds. The Bertz CT molecular complexity index is 1100. The number of rotatable bonds is 5. The molecule has 4 aromatic carbocycles. The summed E-state index contributed by atoms with van der Waals surface area (Å²) in [4.78, 5) is 0. The molecule has 32 heavy (non-hydrogen) atoms. The van der Waals surface area contributed by atoms with Crippen LogP contribution < -0.4 is 9.47 Å². The number of aryl methyl sites for hydroxylation is 6. The minimum absolute atomic E-state index is 0.860. The van der Waals surface area contributed by atoms with Crippen LogP contribution in [0.1, 0.15) is 33.4 Å². The van der Waals surface area contributed by atoms with Gasteiger partial charge in [-0.3, -0.25) is 0 Å². The Morgan fingerprint density at radius 1 is 0.406 bits per heavy atom. The van der Waals surface area contributed by atoms with Gasteiger partial charge in [0, 0.05) is 0 Å². The molecule has 0 heterocycles. The van der Waals surface area contributed by atoms with E-state index >= 15 is 0 Å². The van der Waals surface area contributed by atoms with E-state index in [2.05, 4.69) is 90.1 Å². The van der Waals surface area contributed by atoms with Crippen molar-refractivity contribution in [2.45, 2.75) is 41.5 Å². The van der Waals surface area contributed by atoms with E-state index in [9.17, 15) is 0 Å². The lowest BCUT2D eigenvalue weighted by atomic mass is 9.96. The maximum Gasteiger partial charge on any atom is 0.133 e. The molecule has 0 aromatic heterocycles. The first-order valence-electron chi connectivity index (χ1n) is 11.0. The Kier molecular flexibility index (Phi) is 6.05. The quantitative estimate of drug-likeness (QED) is 0.320. The maximum atomic E-state index is 6.21. The molecule has 0 saturated heterocycles. The van der Waals surface area contributed by atoms with Crippen LogP contribution in [0.2, 0.25) is 0 Å². The van der Waals surface area contributed by atoms with Crippen molar-refractivity contribution in [1.29, 1.82) is 0 Å². The van der Waals surface area contributed by atoms with Crippen LogP contribution in [0.3, 0.4) is 0 Å². The third-order valence-electron chi connectivity index (χ3n) is 5.74. The Morgan fingerprint density at radius 2 is 0.688 bits per heavy atom. The lowest BCUT2D eigenvalue weighted by Gasteiger charge is -2.17. The van der Waals surface area contributed by atoms with Crippen molar-refractivity contribution in [3.63, 3.8) is 0 Å². The molecule has 4 aromatic rings. The predicted octanol–water partition coefficient (Wildman–Crippen LogP) is 8.79. The molecule has 0 fully saturated rings. The van der Waals surface area contributed by atoms with E-state index in [0.717, 1.165) is 45.3 Å². The van der Waals surface area contributed by atoms with E-state index < -0.39 is 0 Å². The average molecular weight is 423 g/mol. The van der Waals surface area contributed by atoms with Crippen molar-refractivity contribution in [3.8, 4) is 34.1 Å². The van der Waals surface area contributed by atoms with Crippen LogP contribution >= 0.6 is 0 Å². The van der Waals surface area contributed by atoms with Gasteiger partial charge in [-0.05, 0) is 123 Å². The van der Waals surface area contributed by atoms with E-state index in [4.69, 9.17) is 9.47 Å². The highest BCUT2D eigenvalue weighted by atomic mass is 16.5. The second-order valence-corrected chi connectivity index (χ2v) is 8.71. The third-order valence-corrected chi connectivity index (χ3v) is 5.74. The molecule has 0 N–H and O–H groups in total. The van der Waals surface area contributed by atoms with Crippen molar-refractivity contribution < 1.29 is 9.47 Å². The molecule has 0 aliphatic heterocycles. The minimum Gasteiger partial charge on any atom is -0.457 e. The molecular weight excluding hydrogens is 392 g/mol. The summed E-state index contributed by atoms with van der Waals surface area (Å²) in [5.74, 6) is 3.56. The highest BCUT2D eigenvalue weighted by Gasteiger charge is 2.13. The van der Waals surface area contributed by atoms with Crippen LogP contribution in [0.5, 0.6) is 23.0 Å². The second kappa shape index (κ2) is 8.92. The molecule has 4 rings (SSSR count). The molecule has 0 atom stereocenters.